The van der Waals surface area contributed by atoms with Crippen molar-refractivity contribution in [3.05, 3.63) is 63.6 Å². The van der Waals surface area contributed by atoms with Crippen LogP contribution in [0.3, 0.4) is 0 Å². The Kier molecular flexibility index (Phi) is 6.62. The number of hydrogen-bond donors (Lipinski definition) is 0. The van der Waals surface area contributed by atoms with Gasteiger partial charge < -0.3 is 4.90 Å². The maximum Gasteiger partial charge on any atom is 0.243 e. The van der Waals surface area contributed by atoms with Gasteiger partial charge in [-0.15, -0.1) is 0 Å². The number of benzene rings is 2. The Labute approximate surface area is 161 Å². The van der Waals surface area contributed by atoms with Crippen LogP contribution in [0.15, 0.2) is 57.9 Å². The third-order valence-electron chi connectivity index (χ3n) is 3.64. The predicted molar refractivity (Wildman–Crippen MR) is 102 cm³/mol. The van der Waals surface area contributed by atoms with Gasteiger partial charge in [0.25, 0.3) is 0 Å². The van der Waals surface area contributed by atoms with Crippen LogP contribution in [-0.2, 0) is 21.4 Å². The average Bonchev–Trinajstić information content (AvgIpc) is 2.57. The molecule has 0 aliphatic carbocycles. The summed E-state index contributed by atoms with van der Waals surface area (Å²) in [5.41, 5.74) is 0.960. The molecule has 2 rings (SSSR count). The Morgan fingerprint density at radius 1 is 1.04 bits per heavy atom. The van der Waals surface area contributed by atoms with Gasteiger partial charge in [0, 0.05) is 30.1 Å². The summed E-state index contributed by atoms with van der Waals surface area (Å²) in [6, 6.07) is 13.4. The summed E-state index contributed by atoms with van der Waals surface area (Å²) in [4.78, 5) is 13.9. The molecule has 0 radical (unpaired) electrons. The van der Waals surface area contributed by atoms with Crippen LogP contribution in [0.2, 0.25) is 5.02 Å². The highest BCUT2D eigenvalue weighted by molar-refractivity contribution is 9.10. The zero-order valence-electron chi connectivity index (χ0n) is 13.8. The summed E-state index contributed by atoms with van der Waals surface area (Å²) >= 11 is 9.14. The van der Waals surface area contributed by atoms with Crippen LogP contribution in [0.1, 0.15) is 5.56 Å². The minimum atomic E-state index is -3.74. The number of amides is 1. The number of rotatable bonds is 6. The van der Waals surface area contributed by atoms with E-state index in [1.807, 2.05) is 24.3 Å². The Morgan fingerprint density at radius 2 is 1.60 bits per heavy atom. The molecule has 2 aromatic carbocycles. The highest BCUT2D eigenvalue weighted by Crippen LogP contribution is 2.18. The lowest BCUT2D eigenvalue weighted by atomic mass is 10.2. The van der Waals surface area contributed by atoms with Crippen molar-refractivity contribution in [2.45, 2.75) is 11.4 Å². The Hall–Kier alpha value is -1.41. The molecule has 0 atom stereocenters. The van der Waals surface area contributed by atoms with E-state index in [1.54, 1.807) is 7.05 Å². The average molecular weight is 446 g/mol. The van der Waals surface area contributed by atoms with Crippen LogP contribution in [0.4, 0.5) is 0 Å². The maximum absolute atomic E-state index is 12.5. The molecule has 0 aliphatic heterocycles. The highest BCUT2D eigenvalue weighted by atomic mass is 79.9. The molecule has 8 heteroatoms. The van der Waals surface area contributed by atoms with Crippen molar-refractivity contribution in [2.75, 3.05) is 20.6 Å². The fourth-order valence-corrected chi connectivity index (χ4v) is 3.65. The van der Waals surface area contributed by atoms with E-state index >= 15 is 0 Å². The molecule has 0 saturated carbocycles. The molecule has 134 valence electrons. The Morgan fingerprint density at radius 3 is 2.16 bits per heavy atom. The zero-order chi connectivity index (χ0) is 18.6. The van der Waals surface area contributed by atoms with Crippen molar-refractivity contribution in [3.8, 4) is 0 Å². The van der Waals surface area contributed by atoms with E-state index in [9.17, 15) is 13.2 Å². The van der Waals surface area contributed by atoms with Crippen molar-refractivity contribution in [1.29, 1.82) is 0 Å². The number of hydrogen-bond acceptors (Lipinski definition) is 3. The number of halogens is 2. The second-order valence-corrected chi connectivity index (χ2v) is 8.99. The number of nitrogens with zero attached hydrogens (tertiary/aromatic N) is 2. The molecule has 0 unspecified atom stereocenters. The van der Waals surface area contributed by atoms with Gasteiger partial charge in [0.05, 0.1) is 11.4 Å². The van der Waals surface area contributed by atoms with Gasteiger partial charge in [-0.25, -0.2) is 8.42 Å². The van der Waals surface area contributed by atoms with Crippen molar-refractivity contribution < 1.29 is 13.2 Å². The third-order valence-corrected chi connectivity index (χ3v) is 6.24. The summed E-state index contributed by atoms with van der Waals surface area (Å²) < 4.78 is 27.0. The van der Waals surface area contributed by atoms with E-state index < -0.39 is 10.0 Å². The van der Waals surface area contributed by atoms with Crippen LogP contribution in [0, 0.1) is 0 Å². The molecule has 0 N–H and O–H groups in total. The first-order chi connectivity index (χ1) is 11.7. The van der Waals surface area contributed by atoms with Gasteiger partial charge in [0.1, 0.15) is 0 Å². The predicted octanol–water partition coefficient (Wildman–Crippen LogP) is 3.38. The van der Waals surface area contributed by atoms with Crippen molar-refractivity contribution >= 4 is 43.5 Å². The second-order valence-electron chi connectivity index (χ2n) is 5.59. The molecule has 0 bridgehead atoms. The summed E-state index contributed by atoms with van der Waals surface area (Å²) in [5.74, 6) is -0.289. The fraction of sp³-hybridized carbons (Fsp3) is 0.235. The molecule has 0 heterocycles. The van der Waals surface area contributed by atoms with Gasteiger partial charge in [-0.2, -0.15) is 4.31 Å². The molecule has 0 aliphatic rings. The Bertz CT molecular complexity index is 839. The molecule has 0 spiro atoms. The van der Waals surface area contributed by atoms with Crippen molar-refractivity contribution in [3.63, 3.8) is 0 Å². The first kappa shape index (κ1) is 19.9. The zero-order valence-corrected chi connectivity index (χ0v) is 17.0. The van der Waals surface area contributed by atoms with Gasteiger partial charge in [-0.1, -0.05) is 39.7 Å². The maximum atomic E-state index is 12.5. The number of likely N-dealkylation sites (N-methyl/N-ethyl adjacent to an activating group) is 2. The molecular weight excluding hydrogens is 428 g/mol. The summed E-state index contributed by atoms with van der Waals surface area (Å²) in [7, 11) is -0.712. The van der Waals surface area contributed by atoms with E-state index in [-0.39, 0.29) is 17.3 Å². The molecule has 5 nitrogen and oxygen atoms in total. The normalized spacial score (nSPS) is 11.6. The van der Waals surface area contributed by atoms with Crippen LogP contribution < -0.4 is 0 Å². The minimum Gasteiger partial charge on any atom is -0.340 e. The molecule has 2 aromatic rings. The van der Waals surface area contributed by atoms with E-state index in [0.717, 1.165) is 14.3 Å². The summed E-state index contributed by atoms with van der Waals surface area (Å²) in [6.45, 7) is 0.166. The van der Waals surface area contributed by atoms with E-state index in [1.165, 1.54) is 36.2 Å². The lowest BCUT2D eigenvalue weighted by Gasteiger charge is -2.22. The minimum absolute atomic E-state index is 0.0998. The second kappa shape index (κ2) is 8.31. The molecule has 0 saturated heterocycles. The van der Waals surface area contributed by atoms with Crippen molar-refractivity contribution in [1.82, 2.24) is 9.21 Å². The van der Waals surface area contributed by atoms with E-state index in [4.69, 9.17) is 11.6 Å². The number of sulfonamides is 1. The van der Waals surface area contributed by atoms with Gasteiger partial charge >= 0.3 is 0 Å². The highest BCUT2D eigenvalue weighted by Gasteiger charge is 2.24. The first-order valence-corrected chi connectivity index (χ1v) is 10.0. The van der Waals surface area contributed by atoms with Crippen LogP contribution in [0.5, 0.6) is 0 Å². The van der Waals surface area contributed by atoms with Crippen LogP contribution in [0.25, 0.3) is 0 Å². The third kappa shape index (κ3) is 5.28. The van der Waals surface area contributed by atoms with Gasteiger partial charge in [0.15, 0.2) is 0 Å². The van der Waals surface area contributed by atoms with Gasteiger partial charge in [-0.05, 0) is 42.0 Å². The molecule has 25 heavy (non-hydrogen) atoms. The smallest absolute Gasteiger partial charge is 0.243 e. The quantitative estimate of drug-likeness (QED) is 0.685. The summed E-state index contributed by atoms with van der Waals surface area (Å²) in [5, 5.41) is 0.451. The first-order valence-electron chi connectivity index (χ1n) is 7.40. The lowest BCUT2D eigenvalue weighted by molar-refractivity contribution is -0.130. The Balaban J connectivity index is 2.03. The van der Waals surface area contributed by atoms with Crippen LogP contribution >= 0.6 is 27.5 Å². The molecule has 0 aromatic heterocycles. The fourth-order valence-electron chi connectivity index (χ4n) is 2.13. The van der Waals surface area contributed by atoms with Crippen molar-refractivity contribution in [2.24, 2.45) is 0 Å². The van der Waals surface area contributed by atoms with E-state index in [2.05, 4.69) is 15.9 Å². The van der Waals surface area contributed by atoms with E-state index in [0.29, 0.717) is 11.6 Å². The topological polar surface area (TPSA) is 57.7 Å². The lowest BCUT2D eigenvalue weighted by Crippen LogP contribution is -2.39. The van der Waals surface area contributed by atoms with Crippen LogP contribution in [-0.4, -0.2) is 44.2 Å². The van der Waals surface area contributed by atoms with Gasteiger partial charge in [-0.3, -0.25) is 4.79 Å². The summed E-state index contributed by atoms with van der Waals surface area (Å²) in [6.07, 6.45) is 0. The monoisotopic (exact) mass is 444 g/mol. The molecule has 1 amide bonds. The number of carbonyl (C=O) groups is 1. The molecule has 0 fully saturated rings. The largest absolute Gasteiger partial charge is 0.340 e. The van der Waals surface area contributed by atoms with Gasteiger partial charge in [0.2, 0.25) is 15.9 Å². The number of carbonyl (C=O) groups excluding carboxylic acids is 1. The SMILES string of the molecule is CN(Cc1ccc(Br)cc1)C(=O)CN(C)S(=O)(=O)c1ccc(Cl)cc1. The standard InChI is InChI=1S/C17H18BrClN2O3S/c1-20(11-13-3-5-14(18)6-4-13)17(22)12-21(2)25(23,24)16-9-7-15(19)8-10-16/h3-10H,11-12H2,1-2H3. The molecular formula is C17H18BrClN2O3S.